The first kappa shape index (κ1) is 13.6. The number of hydrogen-bond donors (Lipinski definition) is 0. The van der Waals surface area contributed by atoms with E-state index in [-0.39, 0.29) is 11.3 Å². The third-order valence-corrected chi connectivity index (χ3v) is 3.73. The number of benzene rings is 2. The number of hydrogen-bond acceptors (Lipinski definition) is 3. The van der Waals surface area contributed by atoms with Crippen LogP contribution in [0.3, 0.4) is 0 Å². The largest absolute Gasteiger partial charge is 0.496 e. The summed E-state index contributed by atoms with van der Waals surface area (Å²) < 4.78 is 19.0. The van der Waals surface area contributed by atoms with Crippen molar-refractivity contribution in [2.75, 3.05) is 7.11 Å². The van der Waals surface area contributed by atoms with Gasteiger partial charge >= 0.3 is 0 Å². The molecule has 0 aliphatic heterocycles. The zero-order chi connectivity index (χ0) is 13.8. The van der Waals surface area contributed by atoms with Crippen molar-refractivity contribution in [2.45, 2.75) is 16.7 Å². The van der Waals surface area contributed by atoms with Crippen molar-refractivity contribution in [3.8, 4) is 5.75 Å². The number of Topliss-reactive ketones (excluding diaryl/α,β-unsaturated/α-hetero) is 1. The topological polar surface area (TPSA) is 26.3 Å². The minimum atomic E-state index is -0.493. The van der Waals surface area contributed by atoms with E-state index >= 15 is 0 Å². The summed E-state index contributed by atoms with van der Waals surface area (Å²) in [7, 11) is 1.58. The molecule has 0 radical (unpaired) electrons. The number of ketones is 1. The number of carbonyl (C=O) groups is 1. The minimum Gasteiger partial charge on any atom is -0.496 e. The molecule has 2 rings (SSSR count). The lowest BCUT2D eigenvalue weighted by molar-refractivity contribution is 0.101. The summed E-state index contributed by atoms with van der Waals surface area (Å²) in [4.78, 5) is 13.0. The molecule has 2 nitrogen and oxygen atoms in total. The average molecular weight is 276 g/mol. The first-order valence-electron chi connectivity index (χ1n) is 5.74. The monoisotopic (exact) mass is 276 g/mol. The molecule has 0 spiro atoms. The van der Waals surface area contributed by atoms with E-state index in [0.29, 0.717) is 10.6 Å². The van der Waals surface area contributed by atoms with Gasteiger partial charge in [-0.15, -0.1) is 0 Å². The smallest absolute Gasteiger partial charge is 0.163 e. The van der Waals surface area contributed by atoms with Crippen molar-refractivity contribution in [3.63, 3.8) is 0 Å². The van der Waals surface area contributed by atoms with Crippen LogP contribution in [0.1, 0.15) is 17.3 Å². The highest BCUT2D eigenvalue weighted by Crippen LogP contribution is 2.37. The van der Waals surface area contributed by atoms with Crippen molar-refractivity contribution >= 4 is 17.5 Å². The van der Waals surface area contributed by atoms with Crippen LogP contribution in [0.5, 0.6) is 5.75 Å². The van der Waals surface area contributed by atoms with Gasteiger partial charge in [0.05, 0.1) is 17.6 Å². The Bertz CT molecular complexity index is 611. The third kappa shape index (κ3) is 2.96. The van der Waals surface area contributed by atoms with Gasteiger partial charge < -0.3 is 4.74 Å². The summed E-state index contributed by atoms with van der Waals surface area (Å²) in [5.74, 6) is -0.0749. The highest BCUT2D eigenvalue weighted by molar-refractivity contribution is 7.99. The molecule has 2 aromatic carbocycles. The van der Waals surface area contributed by atoms with Crippen molar-refractivity contribution in [1.29, 1.82) is 0 Å². The van der Waals surface area contributed by atoms with E-state index in [1.807, 2.05) is 24.3 Å². The van der Waals surface area contributed by atoms with Gasteiger partial charge in [0, 0.05) is 4.90 Å². The van der Waals surface area contributed by atoms with Gasteiger partial charge in [-0.25, -0.2) is 4.39 Å². The van der Waals surface area contributed by atoms with E-state index in [9.17, 15) is 9.18 Å². The Kier molecular flexibility index (Phi) is 4.22. The van der Waals surface area contributed by atoms with Crippen LogP contribution in [0.2, 0.25) is 0 Å². The standard InChI is InChI=1S/C15H13FO2S/c1-10(17)15-11(16)6-5-9-14(15)19-13-8-4-3-7-12(13)18-2/h3-9H,1-2H3. The fraction of sp³-hybridized carbons (Fsp3) is 0.133. The highest BCUT2D eigenvalue weighted by atomic mass is 32.2. The van der Waals surface area contributed by atoms with Gasteiger partial charge in [0.15, 0.2) is 5.78 Å². The highest BCUT2D eigenvalue weighted by Gasteiger charge is 2.15. The van der Waals surface area contributed by atoms with Crippen LogP contribution in [0, 0.1) is 5.82 Å². The SMILES string of the molecule is COc1ccccc1Sc1cccc(F)c1C(C)=O. The first-order valence-corrected chi connectivity index (χ1v) is 6.55. The molecular formula is C15H13FO2S. The number of methoxy groups -OCH3 is 1. The molecule has 0 bridgehead atoms. The minimum absolute atomic E-state index is 0.124. The second kappa shape index (κ2) is 5.89. The molecule has 0 atom stereocenters. The molecule has 4 heteroatoms. The summed E-state index contributed by atoms with van der Waals surface area (Å²) in [6.45, 7) is 1.37. The summed E-state index contributed by atoms with van der Waals surface area (Å²) in [6.07, 6.45) is 0. The molecule has 19 heavy (non-hydrogen) atoms. The van der Waals surface area contributed by atoms with Crippen molar-refractivity contribution in [1.82, 2.24) is 0 Å². The molecular weight excluding hydrogens is 263 g/mol. The van der Waals surface area contributed by atoms with E-state index in [1.54, 1.807) is 19.2 Å². The molecule has 0 fully saturated rings. The van der Waals surface area contributed by atoms with E-state index in [2.05, 4.69) is 0 Å². The van der Waals surface area contributed by atoms with E-state index in [4.69, 9.17) is 4.74 Å². The first-order chi connectivity index (χ1) is 9.13. The van der Waals surface area contributed by atoms with Gasteiger partial charge in [-0.2, -0.15) is 0 Å². The van der Waals surface area contributed by atoms with E-state index in [1.165, 1.54) is 24.8 Å². The second-order valence-electron chi connectivity index (χ2n) is 3.92. The number of carbonyl (C=O) groups excluding carboxylic acids is 1. The molecule has 0 aromatic heterocycles. The molecule has 0 amide bonds. The number of halogens is 1. The molecule has 0 heterocycles. The van der Waals surface area contributed by atoms with Crippen LogP contribution in [0.15, 0.2) is 52.3 Å². The van der Waals surface area contributed by atoms with E-state index < -0.39 is 5.82 Å². The lowest BCUT2D eigenvalue weighted by Crippen LogP contribution is -1.99. The van der Waals surface area contributed by atoms with Gasteiger partial charge in [0.2, 0.25) is 0 Å². The number of rotatable bonds is 4. The quantitative estimate of drug-likeness (QED) is 0.783. The van der Waals surface area contributed by atoms with Crippen molar-refractivity contribution in [3.05, 3.63) is 53.8 Å². The maximum absolute atomic E-state index is 13.7. The Labute approximate surface area is 115 Å². The Hall–Kier alpha value is -1.81. The summed E-state index contributed by atoms with van der Waals surface area (Å²) in [5, 5.41) is 0. The lowest BCUT2D eigenvalue weighted by Gasteiger charge is -2.10. The lowest BCUT2D eigenvalue weighted by atomic mass is 10.1. The van der Waals surface area contributed by atoms with Gasteiger partial charge in [-0.1, -0.05) is 30.0 Å². The van der Waals surface area contributed by atoms with E-state index in [0.717, 1.165) is 4.90 Å². The predicted molar refractivity (Wildman–Crippen MR) is 73.5 cm³/mol. The summed E-state index contributed by atoms with van der Waals surface area (Å²) >= 11 is 1.32. The normalized spacial score (nSPS) is 10.3. The average Bonchev–Trinajstić information content (AvgIpc) is 2.39. The second-order valence-corrected chi connectivity index (χ2v) is 5.01. The fourth-order valence-electron chi connectivity index (χ4n) is 1.75. The number of para-hydroxylation sites is 1. The Morgan fingerprint density at radius 3 is 2.47 bits per heavy atom. The Balaban J connectivity index is 2.44. The summed E-state index contributed by atoms with van der Waals surface area (Å²) in [5.41, 5.74) is 0.124. The zero-order valence-corrected chi connectivity index (χ0v) is 11.5. The summed E-state index contributed by atoms with van der Waals surface area (Å²) in [6, 6.07) is 12.1. The molecule has 0 saturated heterocycles. The fourth-order valence-corrected chi connectivity index (χ4v) is 2.88. The molecule has 98 valence electrons. The molecule has 2 aromatic rings. The Morgan fingerprint density at radius 1 is 1.11 bits per heavy atom. The maximum atomic E-state index is 13.7. The molecule has 0 saturated carbocycles. The molecule has 0 unspecified atom stereocenters. The van der Waals surface area contributed by atoms with Crippen molar-refractivity contribution in [2.24, 2.45) is 0 Å². The molecule has 0 N–H and O–H groups in total. The van der Waals surface area contributed by atoms with Gasteiger partial charge in [-0.05, 0) is 31.2 Å². The predicted octanol–water partition coefficient (Wildman–Crippen LogP) is 4.19. The van der Waals surface area contributed by atoms with Crippen LogP contribution in [-0.4, -0.2) is 12.9 Å². The van der Waals surface area contributed by atoms with Crippen LogP contribution < -0.4 is 4.74 Å². The maximum Gasteiger partial charge on any atom is 0.163 e. The van der Waals surface area contributed by atoms with Crippen LogP contribution in [0.4, 0.5) is 4.39 Å². The third-order valence-electron chi connectivity index (χ3n) is 2.62. The zero-order valence-electron chi connectivity index (χ0n) is 10.6. The van der Waals surface area contributed by atoms with Gasteiger partial charge in [-0.3, -0.25) is 4.79 Å². The Morgan fingerprint density at radius 2 is 1.79 bits per heavy atom. The number of ether oxygens (including phenoxy) is 1. The van der Waals surface area contributed by atoms with Crippen molar-refractivity contribution < 1.29 is 13.9 Å². The van der Waals surface area contributed by atoms with Crippen LogP contribution in [-0.2, 0) is 0 Å². The van der Waals surface area contributed by atoms with Gasteiger partial charge in [0.1, 0.15) is 11.6 Å². The van der Waals surface area contributed by atoms with Crippen LogP contribution in [0.25, 0.3) is 0 Å². The molecule has 0 aliphatic carbocycles. The van der Waals surface area contributed by atoms with Gasteiger partial charge in [0.25, 0.3) is 0 Å². The van der Waals surface area contributed by atoms with Crippen LogP contribution >= 0.6 is 11.8 Å². The molecule has 0 aliphatic rings.